The fourth-order valence-corrected chi connectivity index (χ4v) is 3.07. The molecule has 3 heterocycles. The lowest BCUT2D eigenvalue weighted by Crippen LogP contribution is -2.38. The van der Waals surface area contributed by atoms with Gasteiger partial charge in [-0.15, -0.1) is 0 Å². The normalized spacial score (nSPS) is 10.8. The number of halogens is 1. The average molecular weight is 409 g/mol. The summed E-state index contributed by atoms with van der Waals surface area (Å²) in [5.41, 5.74) is 0.596. The van der Waals surface area contributed by atoms with Crippen molar-refractivity contribution >= 4 is 23.3 Å². The van der Waals surface area contributed by atoms with Gasteiger partial charge in [0.05, 0.1) is 6.20 Å². The minimum Gasteiger partial charge on any atom is -0.477 e. The van der Waals surface area contributed by atoms with Crippen LogP contribution in [0.15, 0.2) is 77.9 Å². The van der Waals surface area contributed by atoms with Crippen molar-refractivity contribution in [1.82, 2.24) is 9.55 Å². The number of fused-ring (bicyclic) bond motifs is 1. The van der Waals surface area contributed by atoms with Gasteiger partial charge in [-0.2, -0.15) is 9.20 Å². The Hall–Kier alpha value is -3.71. The van der Waals surface area contributed by atoms with E-state index in [-0.39, 0.29) is 23.7 Å². The summed E-state index contributed by atoms with van der Waals surface area (Å²) in [5.74, 6) is -0.261. The van der Waals surface area contributed by atoms with E-state index in [2.05, 4.69) is 4.98 Å². The van der Waals surface area contributed by atoms with Crippen LogP contribution in [0.2, 0.25) is 5.15 Å². The van der Waals surface area contributed by atoms with Gasteiger partial charge in [0.1, 0.15) is 11.8 Å². The van der Waals surface area contributed by atoms with Gasteiger partial charge >= 0.3 is 23.2 Å². The molecule has 4 aromatic rings. The highest BCUT2D eigenvalue weighted by Crippen LogP contribution is 2.22. The molecule has 0 amide bonds. The molecule has 0 fully saturated rings. The number of rotatable bonds is 3. The third kappa shape index (κ3) is 3.55. The van der Waals surface area contributed by atoms with Crippen molar-refractivity contribution in [2.45, 2.75) is 6.61 Å². The molecule has 0 aliphatic heterocycles. The molecule has 0 aliphatic rings. The van der Waals surface area contributed by atoms with Crippen molar-refractivity contribution in [3.63, 3.8) is 0 Å². The van der Waals surface area contributed by atoms with Crippen LogP contribution in [0.25, 0.3) is 16.8 Å². The molecule has 7 nitrogen and oxygen atoms in total. The van der Waals surface area contributed by atoms with Gasteiger partial charge in [0.2, 0.25) is 0 Å². The van der Waals surface area contributed by atoms with Crippen molar-refractivity contribution < 1.29 is 19.0 Å². The SMILES string of the molecule is O=C(OCc1ccc(Cl)nc1)n1c(=O)c(-c2ccccc2)c(O)[n+]2ccccc12. The van der Waals surface area contributed by atoms with Gasteiger partial charge in [0, 0.05) is 17.8 Å². The van der Waals surface area contributed by atoms with Gasteiger partial charge in [-0.1, -0.05) is 58.6 Å². The molecule has 1 aromatic carbocycles. The lowest BCUT2D eigenvalue weighted by atomic mass is 10.1. The summed E-state index contributed by atoms with van der Waals surface area (Å²) in [5, 5.41) is 11.0. The molecule has 4 rings (SSSR count). The number of hydrogen-bond donors (Lipinski definition) is 1. The number of aromatic hydroxyl groups is 1. The highest BCUT2D eigenvalue weighted by molar-refractivity contribution is 6.29. The second-order valence-corrected chi connectivity index (χ2v) is 6.57. The summed E-state index contributed by atoms with van der Waals surface area (Å²) in [4.78, 5) is 29.9. The zero-order chi connectivity index (χ0) is 20.4. The van der Waals surface area contributed by atoms with Crippen LogP contribution in [0, 0.1) is 0 Å². The number of ether oxygens (including phenoxy) is 1. The molecule has 0 spiro atoms. The van der Waals surface area contributed by atoms with Crippen molar-refractivity contribution in [3.8, 4) is 17.0 Å². The van der Waals surface area contributed by atoms with E-state index in [4.69, 9.17) is 16.3 Å². The van der Waals surface area contributed by atoms with Crippen LogP contribution in [0.3, 0.4) is 0 Å². The Morgan fingerprint density at radius 2 is 1.86 bits per heavy atom. The molecule has 0 saturated carbocycles. The van der Waals surface area contributed by atoms with Gasteiger partial charge in [-0.25, -0.2) is 9.78 Å². The maximum atomic E-state index is 13.2. The van der Waals surface area contributed by atoms with E-state index >= 15 is 0 Å². The van der Waals surface area contributed by atoms with E-state index in [9.17, 15) is 14.7 Å². The quantitative estimate of drug-likeness (QED) is 0.415. The minimum absolute atomic E-state index is 0.000547. The first-order chi connectivity index (χ1) is 14.1. The van der Waals surface area contributed by atoms with E-state index in [0.717, 1.165) is 4.57 Å². The van der Waals surface area contributed by atoms with E-state index in [1.165, 1.54) is 10.6 Å². The molecule has 0 aliphatic carbocycles. The third-order valence-electron chi connectivity index (χ3n) is 4.33. The number of aromatic nitrogens is 3. The average Bonchev–Trinajstić information content (AvgIpc) is 2.74. The van der Waals surface area contributed by atoms with Crippen LogP contribution in [-0.4, -0.2) is 20.8 Å². The fourth-order valence-electron chi connectivity index (χ4n) is 2.96. The van der Waals surface area contributed by atoms with Crippen LogP contribution in [0.4, 0.5) is 4.79 Å². The van der Waals surface area contributed by atoms with Crippen molar-refractivity contribution in [2.24, 2.45) is 0 Å². The van der Waals surface area contributed by atoms with Crippen LogP contribution in [0.1, 0.15) is 5.56 Å². The summed E-state index contributed by atoms with van der Waals surface area (Å²) >= 11 is 5.76. The predicted octanol–water partition coefficient (Wildman–Crippen LogP) is 3.19. The predicted molar refractivity (Wildman–Crippen MR) is 106 cm³/mol. The zero-order valence-electron chi connectivity index (χ0n) is 15.0. The molecule has 29 heavy (non-hydrogen) atoms. The van der Waals surface area contributed by atoms with Crippen molar-refractivity contribution in [3.05, 3.63) is 94.1 Å². The number of carbonyl (C=O) groups excluding carboxylic acids is 1. The first kappa shape index (κ1) is 18.6. The number of hydrogen-bond acceptors (Lipinski definition) is 5. The Balaban J connectivity index is 1.81. The van der Waals surface area contributed by atoms with E-state index in [0.29, 0.717) is 16.3 Å². The molecular formula is C21H15ClN3O4+. The summed E-state index contributed by atoms with van der Waals surface area (Å²) < 4.78 is 7.57. The Labute approximate surface area is 170 Å². The van der Waals surface area contributed by atoms with Gasteiger partial charge in [-0.05, 0) is 17.7 Å². The third-order valence-corrected chi connectivity index (χ3v) is 4.56. The van der Waals surface area contributed by atoms with Crippen LogP contribution in [0.5, 0.6) is 5.88 Å². The van der Waals surface area contributed by atoms with Crippen LogP contribution < -0.4 is 9.96 Å². The molecule has 0 atom stereocenters. The van der Waals surface area contributed by atoms with Gasteiger partial charge in [0.25, 0.3) is 0 Å². The molecule has 0 unspecified atom stereocenters. The van der Waals surface area contributed by atoms with Gasteiger partial charge < -0.3 is 9.84 Å². The van der Waals surface area contributed by atoms with Gasteiger partial charge in [0.15, 0.2) is 5.56 Å². The summed E-state index contributed by atoms with van der Waals surface area (Å²) in [6.45, 7) is -0.0873. The maximum absolute atomic E-state index is 13.2. The van der Waals surface area contributed by atoms with Gasteiger partial charge in [-0.3, -0.25) is 0 Å². The van der Waals surface area contributed by atoms with Crippen molar-refractivity contribution in [1.29, 1.82) is 0 Å². The lowest BCUT2D eigenvalue weighted by molar-refractivity contribution is -0.525. The molecule has 8 heteroatoms. The lowest BCUT2D eigenvalue weighted by Gasteiger charge is -2.08. The molecule has 144 valence electrons. The van der Waals surface area contributed by atoms with E-state index < -0.39 is 11.7 Å². The topological polar surface area (TPSA) is 85.5 Å². The molecule has 0 radical (unpaired) electrons. The molecular weight excluding hydrogens is 394 g/mol. The Morgan fingerprint density at radius 1 is 1.10 bits per heavy atom. The van der Waals surface area contributed by atoms with E-state index in [1.807, 2.05) is 0 Å². The molecule has 3 aromatic heterocycles. The standard InChI is InChI=1S/C21H14ClN3O4/c22-16-10-9-14(12-23-16)13-29-21(28)25-17-8-4-5-11-24(17)19(26)18(20(25)27)15-6-2-1-3-7-15/h1-12H,13H2/p+1. The highest BCUT2D eigenvalue weighted by atomic mass is 35.5. The summed E-state index contributed by atoms with van der Waals surface area (Å²) in [6.07, 6.45) is 2.17. The Bertz CT molecular complexity index is 1250. The van der Waals surface area contributed by atoms with Crippen molar-refractivity contribution in [2.75, 3.05) is 0 Å². The zero-order valence-corrected chi connectivity index (χ0v) is 15.8. The number of pyridine rings is 2. The summed E-state index contributed by atoms with van der Waals surface area (Å²) in [6, 6.07) is 16.8. The highest BCUT2D eigenvalue weighted by Gasteiger charge is 2.29. The van der Waals surface area contributed by atoms with Crippen LogP contribution >= 0.6 is 11.6 Å². The Morgan fingerprint density at radius 3 is 2.59 bits per heavy atom. The van der Waals surface area contributed by atoms with E-state index in [1.54, 1.807) is 66.9 Å². The smallest absolute Gasteiger partial charge is 0.477 e. The second kappa shape index (κ2) is 7.73. The molecule has 0 saturated heterocycles. The summed E-state index contributed by atoms with van der Waals surface area (Å²) in [7, 11) is 0. The number of benzene rings is 1. The van der Waals surface area contributed by atoms with Crippen LogP contribution in [-0.2, 0) is 11.3 Å². The second-order valence-electron chi connectivity index (χ2n) is 6.18. The monoisotopic (exact) mass is 408 g/mol. The minimum atomic E-state index is -0.870. The fraction of sp³-hybridized carbons (Fsp3) is 0.0476. The largest absolute Gasteiger partial charge is 0.515 e. The molecule has 0 bridgehead atoms. The Kier molecular flexibility index (Phi) is 4.97. The number of carbonyl (C=O) groups is 1. The maximum Gasteiger partial charge on any atom is 0.515 e. The molecule has 1 N–H and O–H groups in total. The first-order valence-electron chi connectivity index (χ1n) is 8.67. The number of nitrogens with zero attached hydrogens (tertiary/aromatic N) is 3. The first-order valence-corrected chi connectivity index (χ1v) is 9.05.